The maximum Gasteiger partial charge on any atom is -0.00199 e. The van der Waals surface area contributed by atoms with Crippen molar-refractivity contribution in [2.45, 2.75) is 0 Å². The van der Waals surface area contributed by atoms with Gasteiger partial charge in [-0.25, -0.2) is 0 Å². The lowest BCUT2D eigenvalue weighted by atomic mass is 9.84. The topological polar surface area (TPSA) is 0 Å². The van der Waals surface area contributed by atoms with Gasteiger partial charge in [0, 0.05) is 0 Å². The molecule has 0 saturated carbocycles. The third kappa shape index (κ3) is 4.48. The minimum absolute atomic E-state index is 1.25. The molecule has 0 bridgehead atoms. The molecule has 0 aromatic heterocycles. The monoisotopic (exact) mass is 706 g/mol. The summed E-state index contributed by atoms with van der Waals surface area (Å²) in [6.45, 7) is 0. The molecule has 0 nitrogen and oxygen atoms in total. The maximum absolute atomic E-state index is 2.46. The van der Waals surface area contributed by atoms with E-state index in [2.05, 4.69) is 206 Å². The predicted octanol–water partition coefficient (Wildman–Crippen LogP) is 15.9. The van der Waals surface area contributed by atoms with E-state index < -0.39 is 0 Å². The Labute approximate surface area is 324 Å². The quantitative estimate of drug-likeness (QED) is 0.160. The molecule has 0 aliphatic rings. The smallest absolute Gasteiger partial charge is 0.00199 e. The van der Waals surface area contributed by atoms with Crippen molar-refractivity contribution in [3.8, 4) is 33.4 Å². The molecule has 0 aliphatic carbocycles. The van der Waals surface area contributed by atoms with Crippen molar-refractivity contribution in [2.24, 2.45) is 0 Å². The van der Waals surface area contributed by atoms with Gasteiger partial charge >= 0.3 is 0 Å². The Kier molecular flexibility index (Phi) is 6.73. The van der Waals surface area contributed by atoms with Crippen LogP contribution < -0.4 is 0 Å². The van der Waals surface area contributed by atoms with Crippen LogP contribution in [0.3, 0.4) is 0 Å². The average Bonchev–Trinajstić information content (AvgIpc) is 3.28. The Hall–Kier alpha value is -7.28. The summed E-state index contributed by atoms with van der Waals surface area (Å²) >= 11 is 0. The van der Waals surface area contributed by atoms with Crippen LogP contribution in [0.5, 0.6) is 0 Å². The van der Waals surface area contributed by atoms with E-state index >= 15 is 0 Å². The molecule has 12 rings (SSSR count). The third-order valence-electron chi connectivity index (χ3n) is 12.2. The highest BCUT2D eigenvalue weighted by atomic mass is 14.2. The second-order valence-electron chi connectivity index (χ2n) is 15.1. The molecule has 0 heterocycles. The molecular weight excluding hydrogens is 673 g/mol. The van der Waals surface area contributed by atoms with Crippen molar-refractivity contribution in [3.05, 3.63) is 206 Å². The Balaban J connectivity index is 1.11. The first-order valence-electron chi connectivity index (χ1n) is 19.5. The molecule has 0 aliphatic heterocycles. The summed E-state index contributed by atoms with van der Waals surface area (Å²) in [5.41, 5.74) is 7.54. The van der Waals surface area contributed by atoms with Gasteiger partial charge in [-0.3, -0.25) is 0 Å². The fraction of sp³-hybridized carbons (Fsp3) is 0. The van der Waals surface area contributed by atoms with E-state index in [9.17, 15) is 0 Å². The van der Waals surface area contributed by atoms with Crippen LogP contribution in [0.4, 0.5) is 0 Å². The van der Waals surface area contributed by atoms with Gasteiger partial charge in [-0.05, 0) is 132 Å². The molecule has 0 N–H and O–H groups in total. The van der Waals surface area contributed by atoms with Gasteiger partial charge in [0.1, 0.15) is 0 Å². The van der Waals surface area contributed by atoms with Crippen molar-refractivity contribution >= 4 is 86.2 Å². The van der Waals surface area contributed by atoms with E-state index in [0.29, 0.717) is 0 Å². The van der Waals surface area contributed by atoms with Gasteiger partial charge in [0.25, 0.3) is 0 Å². The minimum Gasteiger partial charge on any atom is -0.0616 e. The SMILES string of the molecule is c1ccc2c(c1)cc(-c1ccc(-c3ccc(-c4cc5c6ccccc6c6ccccc6c5c5ccccc45)c4ccccc34)c3ccccc13)c1ccccc12. The zero-order valence-electron chi connectivity index (χ0n) is 30.6. The van der Waals surface area contributed by atoms with E-state index in [0.717, 1.165) is 0 Å². The number of fused-ring (bicyclic) bond motifs is 13. The molecule has 0 fully saturated rings. The van der Waals surface area contributed by atoms with Crippen molar-refractivity contribution in [2.75, 3.05) is 0 Å². The van der Waals surface area contributed by atoms with Crippen LogP contribution in [0.2, 0.25) is 0 Å². The second kappa shape index (κ2) is 12.1. The zero-order chi connectivity index (χ0) is 36.7. The van der Waals surface area contributed by atoms with Crippen LogP contribution in [0.25, 0.3) is 120 Å². The summed E-state index contributed by atoms with van der Waals surface area (Å²) in [4.78, 5) is 0. The van der Waals surface area contributed by atoms with Crippen LogP contribution in [0.1, 0.15) is 0 Å². The number of hydrogen-bond acceptors (Lipinski definition) is 0. The van der Waals surface area contributed by atoms with Crippen molar-refractivity contribution in [3.63, 3.8) is 0 Å². The van der Waals surface area contributed by atoms with Gasteiger partial charge in [0.2, 0.25) is 0 Å². The lowest BCUT2D eigenvalue weighted by molar-refractivity contribution is 1.66. The van der Waals surface area contributed by atoms with Crippen LogP contribution in [-0.2, 0) is 0 Å². The van der Waals surface area contributed by atoms with Crippen molar-refractivity contribution in [1.29, 1.82) is 0 Å². The summed E-state index contributed by atoms with van der Waals surface area (Å²) in [7, 11) is 0. The lowest BCUT2D eigenvalue weighted by Crippen LogP contribution is -1.92. The van der Waals surface area contributed by atoms with E-state index in [-0.39, 0.29) is 0 Å². The number of rotatable bonds is 3. The Morgan fingerprint density at radius 3 is 0.911 bits per heavy atom. The van der Waals surface area contributed by atoms with Gasteiger partial charge in [0.05, 0.1) is 0 Å². The molecule has 0 atom stereocenters. The number of benzene rings is 12. The van der Waals surface area contributed by atoms with Crippen LogP contribution in [0.15, 0.2) is 206 Å². The second-order valence-corrected chi connectivity index (χ2v) is 15.1. The first-order chi connectivity index (χ1) is 27.8. The van der Waals surface area contributed by atoms with Crippen LogP contribution >= 0.6 is 0 Å². The normalized spacial score (nSPS) is 11.9. The molecular formula is C56H34. The predicted molar refractivity (Wildman–Crippen MR) is 243 cm³/mol. The van der Waals surface area contributed by atoms with Crippen LogP contribution in [0, 0.1) is 0 Å². The molecule has 12 aromatic carbocycles. The van der Waals surface area contributed by atoms with Gasteiger partial charge in [-0.15, -0.1) is 0 Å². The van der Waals surface area contributed by atoms with Crippen LogP contribution in [-0.4, -0.2) is 0 Å². The van der Waals surface area contributed by atoms with Crippen molar-refractivity contribution in [1.82, 2.24) is 0 Å². The molecule has 0 saturated heterocycles. The van der Waals surface area contributed by atoms with E-state index in [1.165, 1.54) is 120 Å². The highest BCUT2D eigenvalue weighted by Crippen LogP contribution is 2.47. The van der Waals surface area contributed by atoms with Gasteiger partial charge < -0.3 is 0 Å². The molecule has 0 unspecified atom stereocenters. The highest BCUT2D eigenvalue weighted by molar-refractivity contribution is 6.33. The molecule has 56 heavy (non-hydrogen) atoms. The molecule has 0 heteroatoms. The Morgan fingerprint density at radius 1 is 0.161 bits per heavy atom. The highest BCUT2D eigenvalue weighted by Gasteiger charge is 2.19. The summed E-state index contributed by atoms with van der Waals surface area (Å²) < 4.78 is 0. The Bertz CT molecular complexity index is 3590. The molecule has 258 valence electrons. The van der Waals surface area contributed by atoms with Gasteiger partial charge in [-0.2, -0.15) is 0 Å². The minimum atomic E-state index is 1.25. The largest absolute Gasteiger partial charge is 0.0616 e. The molecule has 0 amide bonds. The summed E-state index contributed by atoms with van der Waals surface area (Å²) in [6, 6.07) is 76.6. The van der Waals surface area contributed by atoms with E-state index in [1.807, 2.05) is 0 Å². The molecule has 0 radical (unpaired) electrons. The standard InChI is InChI=1S/C56H34/c1-2-16-36-35(15-1)33-53(44-24-9-3-17-37(36)44)49-31-29-47(38-18-4-6-20-40(38)49)48-30-32-50(41-21-7-5-19-39(41)48)54-34-55-45-25-10-8-22-42(45)43-23-11-13-27-51(43)56(55)52-28-14-12-26-46(52)54/h1-34H. The molecule has 12 aromatic rings. The van der Waals surface area contributed by atoms with Crippen molar-refractivity contribution < 1.29 is 0 Å². The van der Waals surface area contributed by atoms with E-state index in [4.69, 9.17) is 0 Å². The summed E-state index contributed by atoms with van der Waals surface area (Å²) in [5.74, 6) is 0. The summed E-state index contributed by atoms with van der Waals surface area (Å²) in [6.07, 6.45) is 0. The zero-order valence-corrected chi connectivity index (χ0v) is 30.6. The fourth-order valence-corrected chi connectivity index (χ4v) is 9.80. The lowest BCUT2D eigenvalue weighted by Gasteiger charge is -2.19. The van der Waals surface area contributed by atoms with Gasteiger partial charge in [-0.1, -0.05) is 194 Å². The first-order valence-corrected chi connectivity index (χ1v) is 19.5. The first kappa shape index (κ1) is 31.1. The molecule has 0 spiro atoms. The summed E-state index contributed by atoms with van der Waals surface area (Å²) in [5, 5.41) is 20.5. The Morgan fingerprint density at radius 2 is 0.429 bits per heavy atom. The van der Waals surface area contributed by atoms with Gasteiger partial charge in [0.15, 0.2) is 0 Å². The fourth-order valence-electron chi connectivity index (χ4n) is 9.80. The van der Waals surface area contributed by atoms with E-state index in [1.54, 1.807) is 0 Å². The maximum atomic E-state index is 2.46. The average molecular weight is 707 g/mol. The third-order valence-corrected chi connectivity index (χ3v) is 12.2. The number of hydrogen-bond donors (Lipinski definition) is 0.